The minimum Gasteiger partial charge on any atom is -0.492 e. The van der Waals surface area contributed by atoms with Crippen LogP contribution < -0.4 is 25.0 Å². The van der Waals surface area contributed by atoms with Crippen molar-refractivity contribution in [3.63, 3.8) is 0 Å². The molecule has 0 aliphatic heterocycles. The zero-order valence-electron chi connectivity index (χ0n) is 21.5. The minimum atomic E-state index is -0.590. The minimum absolute atomic E-state index is 0.0889. The number of aromatic nitrogens is 1. The van der Waals surface area contributed by atoms with Crippen LogP contribution in [0.1, 0.15) is 61.9 Å². The summed E-state index contributed by atoms with van der Waals surface area (Å²) in [6, 6.07) is 7.28. The van der Waals surface area contributed by atoms with Crippen molar-refractivity contribution in [1.82, 2.24) is 10.5 Å². The number of methoxy groups -OCH3 is 1. The van der Waals surface area contributed by atoms with Crippen LogP contribution in [0.2, 0.25) is 0 Å². The Bertz CT molecular complexity index is 1050. The second-order valence-electron chi connectivity index (χ2n) is 8.37. The fourth-order valence-corrected chi connectivity index (χ4v) is 4.38. The van der Waals surface area contributed by atoms with Crippen molar-refractivity contribution in [1.29, 1.82) is 0 Å². The highest BCUT2D eigenvalue weighted by atomic mass is 16.7. The zero-order valence-corrected chi connectivity index (χ0v) is 21.5. The van der Waals surface area contributed by atoms with Gasteiger partial charge in [-0.25, -0.2) is 9.78 Å². The SMILES string of the molecule is CCOc1cc([C@H]2C[C@H](OC(C)=O)CC[C@H]2NOC(=O)c2cnc(OC)c(OCC)c2)ccc1NC. The van der Waals surface area contributed by atoms with Gasteiger partial charge in [0.05, 0.1) is 37.6 Å². The smallest absolute Gasteiger partial charge is 0.358 e. The molecule has 10 heteroatoms. The van der Waals surface area contributed by atoms with E-state index in [0.29, 0.717) is 44.1 Å². The highest BCUT2D eigenvalue weighted by Gasteiger charge is 2.34. The molecule has 1 aromatic carbocycles. The Morgan fingerprint density at radius 1 is 1.08 bits per heavy atom. The van der Waals surface area contributed by atoms with Gasteiger partial charge in [-0.15, -0.1) is 5.48 Å². The quantitative estimate of drug-likeness (QED) is 0.347. The summed E-state index contributed by atoms with van der Waals surface area (Å²) in [6.07, 6.45) is 3.03. The first-order valence-corrected chi connectivity index (χ1v) is 12.1. The van der Waals surface area contributed by atoms with Crippen molar-refractivity contribution in [3.05, 3.63) is 41.6 Å². The Hall–Kier alpha value is -3.53. The Morgan fingerprint density at radius 2 is 1.83 bits per heavy atom. The molecule has 10 nitrogen and oxygen atoms in total. The van der Waals surface area contributed by atoms with Crippen molar-refractivity contribution >= 4 is 17.6 Å². The number of rotatable bonds is 11. The fourth-order valence-electron chi connectivity index (χ4n) is 4.38. The molecule has 0 bridgehead atoms. The average Bonchev–Trinajstić information content (AvgIpc) is 2.87. The lowest BCUT2D eigenvalue weighted by molar-refractivity contribution is -0.148. The van der Waals surface area contributed by atoms with Gasteiger partial charge in [0.1, 0.15) is 11.9 Å². The topological polar surface area (TPSA) is 117 Å². The average molecular weight is 502 g/mol. The maximum atomic E-state index is 12.8. The van der Waals surface area contributed by atoms with E-state index in [1.54, 1.807) is 6.07 Å². The summed E-state index contributed by atoms with van der Waals surface area (Å²) in [5.74, 6) is 0.397. The lowest BCUT2D eigenvalue weighted by atomic mass is 9.78. The first-order chi connectivity index (χ1) is 17.4. The largest absolute Gasteiger partial charge is 0.492 e. The third-order valence-electron chi connectivity index (χ3n) is 5.99. The van der Waals surface area contributed by atoms with Gasteiger partial charge in [0.15, 0.2) is 5.75 Å². The number of hydrogen-bond acceptors (Lipinski definition) is 10. The molecule has 0 saturated heterocycles. The third kappa shape index (κ3) is 6.78. The highest BCUT2D eigenvalue weighted by molar-refractivity contribution is 5.89. The van der Waals surface area contributed by atoms with Crippen molar-refractivity contribution in [2.45, 2.75) is 58.1 Å². The summed E-state index contributed by atoms with van der Waals surface area (Å²) < 4.78 is 22.0. The maximum absolute atomic E-state index is 12.8. The Morgan fingerprint density at radius 3 is 2.50 bits per heavy atom. The van der Waals surface area contributed by atoms with Crippen LogP contribution in [0.15, 0.2) is 30.5 Å². The number of anilines is 1. The van der Waals surface area contributed by atoms with Gasteiger partial charge in [-0.3, -0.25) is 4.79 Å². The molecule has 1 heterocycles. The zero-order chi connectivity index (χ0) is 26.1. The highest BCUT2D eigenvalue weighted by Crippen LogP contribution is 2.38. The number of carbonyl (C=O) groups is 2. The molecule has 1 aromatic heterocycles. The summed E-state index contributed by atoms with van der Waals surface area (Å²) in [5, 5.41) is 3.13. The Balaban J connectivity index is 1.79. The molecule has 2 N–H and O–H groups in total. The van der Waals surface area contributed by atoms with E-state index in [9.17, 15) is 9.59 Å². The molecular formula is C26H35N3O7. The lowest BCUT2D eigenvalue weighted by Crippen LogP contribution is -2.42. The van der Waals surface area contributed by atoms with Crippen LogP contribution >= 0.6 is 0 Å². The molecule has 1 aliphatic rings. The van der Waals surface area contributed by atoms with E-state index < -0.39 is 5.97 Å². The third-order valence-corrected chi connectivity index (χ3v) is 5.99. The first-order valence-electron chi connectivity index (χ1n) is 12.1. The summed E-state index contributed by atoms with van der Waals surface area (Å²) in [6.45, 7) is 6.10. The van der Waals surface area contributed by atoms with Gasteiger partial charge in [0, 0.05) is 32.2 Å². The number of ether oxygens (including phenoxy) is 4. The van der Waals surface area contributed by atoms with Gasteiger partial charge >= 0.3 is 11.9 Å². The van der Waals surface area contributed by atoms with Gasteiger partial charge in [-0.2, -0.15) is 0 Å². The summed E-state index contributed by atoms with van der Waals surface area (Å²) in [4.78, 5) is 34.0. The fraction of sp³-hybridized carbons (Fsp3) is 0.500. The summed E-state index contributed by atoms with van der Waals surface area (Å²) in [5.41, 5.74) is 5.06. The van der Waals surface area contributed by atoms with Gasteiger partial charge in [-0.05, 0) is 50.8 Å². The molecule has 1 aliphatic carbocycles. The van der Waals surface area contributed by atoms with E-state index in [-0.39, 0.29) is 29.6 Å². The number of hydrogen-bond donors (Lipinski definition) is 2. The molecule has 0 spiro atoms. The van der Waals surface area contributed by atoms with Gasteiger partial charge in [-0.1, -0.05) is 6.07 Å². The predicted octanol–water partition coefficient (Wildman–Crippen LogP) is 3.86. The molecule has 196 valence electrons. The van der Waals surface area contributed by atoms with Crippen molar-refractivity contribution in [2.75, 3.05) is 32.7 Å². The second-order valence-corrected chi connectivity index (χ2v) is 8.37. The van der Waals surface area contributed by atoms with E-state index in [4.69, 9.17) is 23.8 Å². The predicted molar refractivity (Wildman–Crippen MR) is 134 cm³/mol. The molecule has 3 rings (SSSR count). The number of hydroxylamine groups is 1. The van der Waals surface area contributed by atoms with Crippen LogP contribution in [0.5, 0.6) is 17.4 Å². The van der Waals surface area contributed by atoms with Crippen LogP contribution in [0.3, 0.4) is 0 Å². The molecule has 0 radical (unpaired) electrons. The molecule has 2 aromatic rings. The number of benzene rings is 1. The number of nitrogens with zero attached hydrogens (tertiary/aromatic N) is 1. The van der Waals surface area contributed by atoms with Crippen molar-refractivity contribution < 1.29 is 33.4 Å². The van der Waals surface area contributed by atoms with E-state index in [0.717, 1.165) is 17.0 Å². The number of pyridine rings is 1. The standard InChI is InChI=1S/C26H35N3O7/c1-6-33-23-12-17(8-10-22(23)27-4)20-14-19(35-16(3)30)9-11-21(20)29-36-26(31)18-13-24(34-7-2)25(32-5)28-15-18/h8,10,12-13,15,19-21,27,29H,6-7,9,11,14H2,1-5H3/t19-,20-,21-/m1/s1. The summed E-state index contributed by atoms with van der Waals surface area (Å²) >= 11 is 0. The number of esters is 1. The number of nitrogens with one attached hydrogen (secondary N) is 2. The molecule has 1 fully saturated rings. The molecular weight excluding hydrogens is 466 g/mol. The molecule has 1 saturated carbocycles. The monoisotopic (exact) mass is 501 g/mol. The molecule has 3 atom stereocenters. The molecule has 36 heavy (non-hydrogen) atoms. The molecule has 0 amide bonds. The number of carbonyl (C=O) groups excluding carboxylic acids is 2. The van der Waals surface area contributed by atoms with Gasteiger partial charge in [0.2, 0.25) is 0 Å². The van der Waals surface area contributed by atoms with Crippen molar-refractivity contribution in [2.24, 2.45) is 0 Å². The van der Waals surface area contributed by atoms with Crippen LogP contribution in [0.4, 0.5) is 5.69 Å². The van der Waals surface area contributed by atoms with Crippen LogP contribution in [0, 0.1) is 0 Å². The second kappa shape index (κ2) is 13.0. The van der Waals surface area contributed by atoms with E-state index >= 15 is 0 Å². The maximum Gasteiger partial charge on any atom is 0.358 e. The Labute approximate surface area is 211 Å². The molecule has 0 unspecified atom stereocenters. The van der Waals surface area contributed by atoms with E-state index in [1.165, 1.54) is 20.2 Å². The van der Waals surface area contributed by atoms with Crippen LogP contribution in [-0.2, 0) is 14.4 Å². The normalized spacial score (nSPS) is 19.2. The Kier molecular flexibility index (Phi) is 9.75. The van der Waals surface area contributed by atoms with E-state index in [1.807, 2.05) is 39.1 Å². The van der Waals surface area contributed by atoms with E-state index in [2.05, 4.69) is 15.8 Å². The van der Waals surface area contributed by atoms with Crippen LogP contribution in [0.25, 0.3) is 0 Å². The van der Waals surface area contributed by atoms with Gasteiger partial charge < -0.3 is 29.1 Å². The van der Waals surface area contributed by atoms with Gasteiger partial charge in [0.25, 0.3) is 5.88 Å². The van der Waals surface area contributed by atoms with Crippen molar-refractivity contribution in [3.8, 4) is 17.4 Å². The lowest BCUT2D eigenvalue weighted by Gasteiger charge is -2.36. The van der Waals surface area contributed by atoms with Crippen LogP contribution in [-0.4, -0.2) is 56.4 Å². The summed E-state index contributed by atoms with van der Waals surface area (Å²) in [7, 11) is 3.32. The first kappa shape index (κ1) is 27.1.